The van der Waals surface area contributed by atoms with Gasteiger partial charge in [0, 0.05) is 0 Å². The highest BCUT2D eigenvalue weighted by atomic mass is 16.6. The number of nitrogens with zero attached hydrogens (tertiary/aromatic N) is 1. The Morgan fingerprint density at radius 2 is 2.17 bits per heavy atom. The monoisotopic (exact) mass is 329 g/mol. The van der Waals surface area contributed by atoms with Gasteiger partial charge in [-0.15, -0.1) is 0 Å². The first-order valence-corrected chi connectivity index (χ1v) is 8.00. The minimum atomic E-state index is -0.566. The van der Waals surface area contributed by atoms with Crippen LogP contribution in [0, 0.1) is 0 Å². The maximum Gasteiger partial charge on any atom is 0.416 e. The largest absolute Gasteiger partial charge is 0.447 e. The lowest BCUT2D eigenvalue weighted by atomic mass is 10.1. The molecule has 1 saturated heterocycles. The standard InChI is InChI=1S/C19H23NO4/c1-3-7-15(2)13-23-11-10-18(21)20-17(14-24-19(20)22)12-16-8-5-4-6-9-16/h3-9,17H,1,10-14H2,2H3/b15-7+/t17-/m0/s1. The van der Waals surface area contributed by atoms with Crippen molar-refractivity contribution in [2.24, 2.45) is 0 Å². The number of amides is 2. The summed E-state index contributed by atoms with van der Waals surface area (Å²) >= 11 is 0. The number of imide groups is 1. The molecule has 1 heterocycles. The Kier molecular flexibility index (Phi) is 6.75. The zero-order chi connectivity index (χ0) is 17.4. The number of cyclic esters (lactones) is 1. The normalized spacial score (nSPS) is 17.7. The van der Waals surface area contributed by atoms with Crippen molar-refractivity contribution in [3.05, 3.63) is 60.2 Å². The first-order valence-electron chi connectivity index (χ1n) is 8.00. The van der Waals surface area contributed by atoms with Crippen LogP contribution in [0.5, 0.6) is 0 Å². The van der Waals surface area contributed by atoms with Gasteiger partial charge in [-0.05, 0) is 24.5 Å². The molecule has 2 rings (SSSR count). The third-order valence-electron chi connectivity index (χ3n) is 3.74. The first kappa shape index (κ1) is 17.9. The fourth-order valence-electron chi connectivity index (χ4n) is 2.56. The number of ether oxygens (including phenoxy) is 2. The summed E-state index contributed by atoms with van der Waals surface area (Å²) in [5, 5.41) is 0. The molecule has 0 aliphatic carbocycles. The van der Waals surface area contributed by atoms with Gasteiger partial charge < -0.3 is 9.47 Å². The maximum absolute atomic E-state index is 12.3. The summed E-state index contributed by atoms with van der Waals surface area (Å²) in [5.41, 5.74) is 2.10. The number of carbonyl (C=O) groups is 2. The van der Waals surface area contributed by atoms with Crippen molar-refractivity contribution >= 4 is 12.0 Å². The molecule has 5 heteroatoms. The summed E-state index contributed by atoms with van der Waals surface area (Å²) in [4.78, 5) is 25.4. The summed E-state index contributed by atoms with van der Waals surface area (Å²) in [7, 11) is 0. The first-order chi connectivity index (χ1) is 11.6. The molecule has 1 aromatic carbocycles. The van der Waals surface area contributed by atoms with Crippen LogP contribution in [0.2, 0.25) is 0 Å². The second kappa shape index (κ2) is 9.03. The molecule has 5 nitrogen and oxygen atoms in total. The van der Waals surface area contributed by atoms with E-state index >= 15 is 0 Å². The van der Waals surface area contributed by atoms with Gasteiger partial charge >= 0.3 is 6.09 Å². The van der Waals surface area contributed by atoms with Crippen LogP contribution in [0.1, 0.15) is 18.9 Å². The van der Waals surface area contributed by atoms with Crippen LogP contribution in [0.25, 0.3) is 0 Å². The van der Waals surface area contributed by atoms with Gasteiger partial charge in [-0.3, -0.25) is 4.79 Å². The third-order valence-corrected chi connectivity index (χ3v) is 3.74. The van der Waals surface area contributed by atoms with E-state index in [1.54, 1.807) is 6.08 Å². The molecule has 0 radical (unpaired) electrons. The average molecular weight is 329 g/mol. The van der Waals surface area contributed by atoms with E-state index in [-0.39, 0.29) is 31.6 Å². The summed E-state index contributed by atoms with van der Waals surface area (Å²) in [6.07, 6.45) is 3.74. The van der Waals surface area contributed by atoms with Gasteiger partial charge in [0.15, 0.2) is 0 Å². The lowest BCUT2D eigenvalue weighted by Crippen LogP contribution is -2.40. The molecule has 1 fully saturated rings. The van der Waals surface area contributed by atoms with Crippen molar-refractivity contribution in [1.82, 2.24) is 4.90 Å². The Morgan fingerprint density at radius 3 is 2.88 bits per heavy atom. The van der Waals surface area contributed by atoms with Crippen LogP contribution in [0.3, 0.4) is 0 Å². The minimum absolute atomic E-state index is 0.155. The lowest BCUT2D eigenvalue weighted by molar-refractivity contribution is -0.130. The van der Waals surface area contributed by atoms with E-state index in [4.69, 9.17) is 9.47 Å². The van der Waals surface area contributed by atoms with Gasteiger partial charge in [-0.25, -0.2) is 9.69 Å². The van der Waals surface area contributed by atoms with Crippen LogP contribution in [0.4, 0.5) is 4.79 Å². The Bertz CT molecular complexity index is 609. The Labute approximate surface area is 142 Å². The Morgan fingerprint density at radius 1 is 1.42 bits per heavy atom. The van der Waals surface area contributed by atoms with E-state index in [0.29, 0.717) is 13.0 Å². The van der Waals surface area contributed by atoms with Crippen LogP contribution in [-0.4, -0.2) is 42.8 Å². The smallest absolute Gasteiger partial charge is 0.416 e. The number of benzene rings is 1. The van der Waals surface area contributed by atoms with E-state index in [1.165, 1.54) is 4.90 Å². The Hall–Kier alpha value is -2.40. The predicted octanol–water partition coefficient (Wildman–Crippen LogP) is 3.12. The van der Waals surface area contributed by atoms with E-state index in [1.807, 2.05) is 43.3 Å². The van der Waals surface area contributed by atoms with Gasteiger partial charge in [0.05, 0.1) is 25.7 Å². The zero-order valence-corrected chi connectivity index (χ0v) is 13.9. The molecule has 0 N–H and O–H groups in total. The van der Waals surface area contributed by atoms with Crippen molar-refractivity contribution in [1.29, 1.82) is 0 Å². The van der Waals surface area contributed by atoms with Crippen LogP contribution < -0.4 is 0 Å². The topological polar surface area (TPSA) is 55.8 Å². The van der Waals surface area contributed by atoms with Gasteiger partial charge in [0.1, 0.15) is 6.61 Å². The number of hydrogen-bond donors (Lipinski definition) is 0. The van der Waals surface area contributed by atoms with Crippen molar-refractivity contribution in [2.45, 2.75) is 25.8 Å². The Balaban J connectivity index is 1.85. The molecule has 0 aromatic heterocycles. The SMILES string of the molecule is C=C/C=C(\C)COCCC(=O)N1C(=O)OC[C@@H]1Cc1ccccc1. The average Bonchev–Trinajstić information content (AvgIpc) is 2.93. The van der Waals surface area contributed by atoms with Crippen molar-refractivity contribution in [2.75, 3.05) is 19.8 Å². The lowest BCUT2D eigenvalue weighted by Gasteiger charge is -2.19. The zero-order valence-electron chi connectivity index (χ0n) is 13.9. The van der Waals surface area contributed by atoms with Crippen LogP contribution in [0.15, 0.2) is 54.6 Å². The molecular weight excluding hydrogens is 306 g/mol. The highest BCUT2D eigenvalue weighted by Crippen LogP contribution is 2.18. The van der Waals surface area contributed by atoms with Crippen molar-refractivity contribution in [3.63, 3.8) is 0 Å². The van der Waals surface area contributed by atoms with Crippen LogP contribution >= 0.6 is 0 Å². The number of rotatable bonds is 8. The molecule has 1 aliphatic rings. The maximum atomic E-state index is 12.3. The highest BCUT2D eigenvalue weighted by molar-refractivity contribution is 5.93. The summed E-state index contributed by atoms with van der Waals surface area (Å²) in [6.45, 7) is 6.49. The fourth-order valence-corrected chi connectivity index (χ4v) is 2.56. The molecule has 1 atom stereocenters. The summed E-state index contributed by atoms with van der Waals surface area (Å²) in [6, 6.07) is 9.50. The third kappa shape index (κ3) is 5.06. The molecule has 0 spiro atoms. The molecule has 128 valence electrons. The van der Waals surface area contributed by atoms with Gasteiger partial charge in [0.2, 0.25) is 5.91 Å². The molecule has 0 saturated carbocycles. The molecule has 1 aromatic rings. The van der Waals surface area contributed by atoms with E-state index < -0.39 is 6.09 Å². The molecule has 0 bridgehead atoms. The quantitative estimate of drug-likeness (QED) is 0.543. The van der Waals surface area contributed by atoms with Crippen molar-refractivity contribution in [3.8, 4) is 0 Å². The summed E-state index contributed by atoms with van der Waals surface area (Å²) in [5.74, 6) is -0.260. The minimum Gasteiger partial charge on any atom is -0.447 e. The van der Waals surface area contributed by atoms with E-state index in [9.17, 15) is 9.59 Å². The molecule has 24 heavy (non-hydrogen) atoms. The van der Waals surface area contributed by atoms with Gasteiger partial charge in [0.25, 0.3) is 0 Å². The van der Waals surface area contributed by atoms with Gasteiger partial charge in [-0.2, -0.15) is 0 Å². The second-order valence-corrected chi connectivity index (χ2v) is 5.74. The predicted molar refractivity (Wildman–Crippen MR) is 91.5 cm³/mol. The van der Waals surface area contributed by atoms with Crippen molar-refractivity contribution < 1.29 is 19.1 Å². The van der Waals surface area contributed by atoms with E-state index in [0.717, 1.165) is 11.1 Å². The molecule has 0 unspecified atom stereocenters. The van der Waals surface area contributed by atoms with E-state index in [2.05, 4.69) is 6.58 Å². The summed E-state index contributed by atoms with van der Waals surface area (Å²) < 4.78 is 10.5. The van der Waals surface area contributed by atoms with Gasteiger partial charge in [-0.1, -0.05) is 49.1 Å². The highest BCUT2D eigenvalue weighted by Gasteiger charge is 2.37. The molecule has 2 amide bonds. The van der Waals surface area contributed by atoms with Crippen LogP contribution in [-0.2, 0) is 20.7 Å². The second-order valence-electron chi connectivity index (χ2n) is 5.74. The fraction of sp³-hybridized carbons (Fsp3) is 0.368. The molecule has 1 aliphatic heterocycles. The number of hydrogen-bond acceptors (Lipinski definition) is 4. The number of carbonyl (C=O) groups excluding carboxylic acids is 2. The molecular formula is C19H23NO4. The number of allylic oxidation sites excluding steroid dienone is 2.